The minimum atomic E-state index is -0.911. The van der Waals surface area contributed by atoms with Crippen molar-refractivity contribution in [3.05, 3.63) is 47.7 Å². The molecular weight excluding hydrogens is 256 g/mol. The molecule has 1 aromatic heterocycles. The summed E-state index contributed by atoms with van der Waals surface area (Å²) in [5, 5.41) is 0. The summed E-state index contributed by atoms with van der Waals surface area (Å²) in [6.07, 6.45) is 0. The van der Waals surface area contributed by atoms with Crippen LogP contribution in [0.2, 0.25) is 0 Å². The smallest absolute Gasteiger partial charge is 0.267 e. The monoisotopic (exact) mass is 265 g/mol. The van der Waals surface area contributed by atoms with Gasteiger partial charge in [-0.3, -0.25) is 4.79 Å². The van der Waals surface area contributed by atoms with Crippen LogP contribution in [0.15, 0.2) is 30.3 Å². The number of benzene rings is 1. The summed E-state index contributed by atoms with van der Waals surface area (Å²) >= 11 is 0. The Morgan fingerprint density at radius 2 is 1.95 bits per heavy atom. The van der Waals surface area contributed by atoms with Gasteiger partial charge in [0.15, 0.2) is 11.6 Å². The molecule has 0 saturated heterocycles. The van der Waals surface area contributed by atoms with Gasteiger partial charge in [0.05, 0.1) is 5.69 Å². The third kappa shape index (κ3) is 2.76. The predicted molar refractivity (Wildman–Crippen MR) is 63.6 cm³/mol. The molecule has 0 radical (unpaired) electrons. The van der Waals surface area contributed by atoms with Crippen molar-refractivity contribution in [1.82, 2.24) is 4.98 Å². The van der Waals surface area contributed by atoms with E-state index in [1.54, 1.807) is 0 Å². The molecule has 0 aliphatic rings. The van der Waals surface area contributed by atoms with Gasteiger partial charge in [-0.25, -0.2) is 13.8 Å². The highest BCUT2D eigenvalue weighted by atomic mass is 19.1. The number of aromatic nitrogens is 1. The molecule has 0 aliphatic carbocycles. The zero-order valence-corrected chi connectivity index (χ0v) is 9.56. The first-order chi connectivity index (χ1) is 8.97. The summed E-state index contributed by atoms with van der Waals surface area (Å²) in [6, 6.07) is 5.42. The minimum Gasteiger partial charge on any atom is -0.434 e. The lowest BCUT2D eigenvalue weighted by molar-refractivity contribution is 0.0995. The first-order valence-electron chi connectivity index (χ1n) is 5.16. The first-order valence-corrected chi connectivity index (χ1v) is 5.16. The Kier molecular flexibility index (Phi) is 3.28. The van der Waals surface area contributed by atoms with Crippen LogP contribution in [0.25, 0.3) is 0 Å². The van der Waals surface area contributed by atoms with Gasteiger partial charge in [-0.15, -0.1) is 0 Å². The number of halogens is 2. The predicted octanol–water partition coefficient (Wildman–Crippen LogP) is 1.83. The van der Waals surface area contributed by atoms with Crippen molar-refractivity contribution in [3.63, 3.8) is 0 Å². The lowest BCUT2D eigenvalue weighted by atomic mass is 10.3. The Labute approximate surface area is 106 Å². The lowest BCUT2D eigenvalue weighted by Crippen LogP contribution is -2.13. The van der Waals surface area contributed by atoms with E-state index in [1.807, 2.05) is 0 Å². The van der Waals surface area contributed by atoms with E-state index in [4.69, 9.17) is 16.2 Å². The number of rotatable bonds is 3. The molecule has 98 valence electrons. The number of nitrogens with zero attached hydrogens (tertiary/aromatic N) is 1. The van der Waals surface area contributed by atoms with Crippen LogP contribution < -0.4 is 16.2 Å². The van der Waals surface area contributed by atoms with Crippen LogP contribution in [0.1, 0.15) is 10.5 Å². The SMILES string of the molecule is NC(=O)c1ccc(N)c(Oc2ccc(F)cc2F)n1. The van der Waals surface area contributed by atoms with Gasteiger partial charge in [0.2, 0.25) is 5.88 Å². The summed E-state index contributed by atoms with van der Waals surface area (Å²) in [7, 11) is 0. The number of amides is 1. The molecule has 0 atom stereocenters. The van der Waals surface area contributed by atoms with Gasteiger partial charge in [-0.05, 0) is 24.3 Å². The normalized spacial score (nSPS) is 10.2. The fourth-order valence-electron chi connectivity index (χ4n) is 1.33. The van der Waals surface area contributed by atoms with E-state index in [-0.39, 0.29) is 23.0 Å². The molecule has 1 aromatic carbocycles. The molecule has 0 unspecified atom stereocenters. The summed E-state index contributed by atoms with van der Waals surface area (Å²) < 4.78 is 31.2. The molecule has 4 N–H and O–H groups in total. The number of anilines is 1. The van der Waals surface area contributed by atoms with Crippen molar-refractivity contribution in [3.8, 4) is 11.6 Å². The van der Waals surface area contributed by atoms with Crippen LogP contribution in [0, 0.1) is 11.6 Å². The number of hydrogen-bond acceptors (Lipinski definition) is 4. The molecule has 1 heterocycles. The number of pyridine rings is 1. The topological polar surface area (TPSA) is 91.2 Å². The molecule has 0 bridgehead atoms. The van der Waals surface area contributed by atoms with E-state index in [0.29, 0.717) is 6.07 Å². The summed E-state index contributed by atoms with van der Waals surface area (Å²) in [5.41, 5.74) is 10.6. The number of nitrogen functional groups attached to an aromatic ring is 1. The molecule has 5 nitrogen and oxygen atoms in total. The quantitative estimate of drug-likeness (QED) is 0.885. The standard InChI is InChI=1S/C12H9F2N3O2/c13-6-1-4-10(7(14)5-6)19-12-8(15)2-3-9(17-12)11(16)18/h1-5H,15H2,(H2,16,18). The number of primary amides is 1. The van der Waals surface area contributed by atoms with Gasteiger partial charge in [-0.2, -0.15) is 0 Å². The number of carbonyl (C=O) groups excluding carboxylic acids is 1. The number of carbonyl (C=O) groups is 1. The Hall–Kier alpha value is -2.70. The molecular formula is C12H9F2N3O2. The van der Waals surface area contributed by atoms with Gasteiger partial charge >= 0.3 is 0 Å². The maximum Gasteiger partial charge on any atom is 0.267 e. The Morgan fingerprint density at radius 3 is 2.58 bits per heavy atom. The van der Waals surface area contributed by atoms with E-state index >= 15 is 0 Å². The van der Waals surface area contributed by atoms with E-state index in [2.05, 4.69) is 4.98 Å². The molecule has 2 aromatic rings. The van der Waals surface area contributed by atoms with Crippen molar-refractivity contribution in [1.29, 1.82) is 0 Å². The third-order valence-electron chi connectivity index (χ3n) is 2.24. The average molecular weight is 265 g/mol. The second-order valence-corrected chi connectivity index (χ2v) is 3.63. The molecule has 0 fully saturated rings. The highest BCUT2D eigenvalue weighted by Crippen LogP contribution is 2.27. The molecule has 2 rings (SSSR count). The highest BCUT2D eigenvalue weighted by Gasteiger charge is 2.12. The zero-order chi connectivity index (χ0) is 14.0. The summed E-state index contributed by atoms with van der Waals surface area (Å²) in [4.78, 5) is 14.7. The van der Waals surface area contributed by atoms with Crippen LogP contribution in [0.4, 0.5) is 14.5 Å². The fraction of sp³-hybridized carbons (Fsp3) is 0. The van der Waals surface area contributed by atoms with E-state index in [1.165, 1.54) is 12.1 Å². The highest BCUT2D eigenvalue weighted by molar-refractivity contribution is 5.91. The maximum atomic E-state index is 13.4. The first kappa shape index (κ1) is 12.7. The molecule has 0 spiro atoms. The van der Waals surface area contributed by atoms with E-state index < -0.39 is 17.5 Å². The Balaban J connectivity index is 2.37. The van der Waals surface area contributed by atoms with Gasteiger partial charge in [0.1, 0.15) is 11.5 Å². The maximum absolute atomic E-state index is 13.4. The van der Waals surface area contributed by atoms with E-state index in [9.17, 15) is 13.6 Å². The largest absolute Gasteiger partial charge is 0.434 e. The van der Waals surface area contributed by atoms with Crippen molar-refractivity contribution < 1.29 is 18.3 Å². The minimum absolute atomic E-state index is 0.0771. The van der Waals surface area contributed by atoms with Crippen LogP contribution in [-0.4, -0.2) is 10.9 Å². The van der Waals surface area contributed by atoms with Crippen LogP contribution in [0.3, 0.4) is 0 Å². The molecule has 1 amide bonds. The summed E-state index contributed by atoms with van der Waals surface area (Å²) in [5.74, 6) is -2.86. The molecule has 0 aliphatic heterocycles. The Morgan fingerprint density at radius 1 is 1.21 bits per heavy atom. The second kappa shape index (κ2) is 4.89. The van der Waals surface area contributed by atoms with Crippen molar-refractivity contribution >= 4 is 11.6 Å². The number of hydrogen-bond donors (Lipinski definition) is 2. The third-order valence-corrected chi connectivity index (χ3v) is 2.24. The molecule has 0 saturated carbocycles. The van der Waals surface area contributed by atoms with Gasteiger partial charge in [0.25, 0.3) is 5.91 Å². The van der Waals surface area contributed by atoms with E-state index in [0.717, 1.165) is 12.1 Å². The zero-order valence-electron chi connectivity index (χ0n) is 9.56. The molecule has 19 heavy (non-hydrogen) atoms. The summed E-state index contributed by atoms with van der Waals surface area (Å²) in [6.45, 7) is 0. The Bertz CT molecular complexity index is 647. The average Bonchev–Trinajstić information content (AvgIpc) is 2.34. The number of nitrogens with two attached hydrogens (primary N) is 2. The van der Waals surface area contributed by atoms with Crippen LogP contribution in [0.5, 0.6) is 11.6 Å². The number of ether oxygens (including phenoxy) is 1. The second-order valence-electron chi connectivity index (χ2n) is 3.63. The molecule has 7 heteroatoms. The lowest BCUT2D eigenvalue weighted by Gasteiger charge is -2.08. The van der Waals surface area contributed by atoms with Crippen molar-refractivity contribution in [2.75, 3.05) is 5.73 Å². The van der Waals surface area contributed by atoms with Gasteiger partial charge in [-0.1, -0.05) is 0 Å². The van der Waals surface area contributed by atoms with Gasteiger partial charge in [0, 0.05) is 6.07 Å². The van der Waals surface area contributed by atoms with Crippen molar-refractivity contribution in [2.45, 2.75) is 0 Å². The van der Waals surface area contributed by atoms with Crippen LogP contribution in [-0.2, 0) is 0 Å². The van der Waals surface area contributed by atoms with Crippen molar-refractivity contribution in [2.24, 2.45) is 5.73 Å². The van der Waals surface area contributed by atoms with Gasteiger partial charge < -0.3 is 16.2 Å². The van der Waals surface area contributed by atoms with Crippen LogP contribution >= 0.6 is 0 Å². The fourth-order valence-corrected chi connectivity index (χ4v) is 1.33.